The van der Waals surface area contributed by atoms with Crippen molar-refractivity contribution in [2.45, 2.75) is 25.2 Å². The summed E-state index contributed by atoms with van der Waals surface area (Å²) in [6.07, 6.45) is 2.23. The molecule has 0 radical (unpaired) electrons. The number of ether oxygens (including phenoxy) is 1. The van der Waals surface area contributed by atoms with Gasteiger partial charge in [0.15, 0.2) is 0 Å². The number of oxime groups is 1. The highest BCUT2D eigenvalue weighted by Crippen LogP contribution is 2.31. The quantitative estimate of drug-likeness (QED) is 0.263. The number of carboxylic acid groups (broad SMARTS) is 1. The Bertz CT molecular complexity index is 1340. The van der Waals surface area contributed by atoms with Crippen LogP contribution in [0.2, 0.25) is 5.02 Å². The van der Waals surface area contributed by atoms with E-state index in [0.717, 1.165) is 15.4 Å². The first-order valence-electron chi connectivity index (χ1n) is 11.2. The van der Waals surface area contributed by atoms with E-state index in [9.17, 15) is 18.3 Å². The Kier molecular flexibility index (Phi) is 9.32. The molecular formula is C26H27ClN2O6S. The van der Waals surface area contributed by atoms with Crippen LogP contribution in [-0.2, 0) is 26.1 Å². The van der Waals surface area contributed by atoms with E-state index in [4.69, 9.17) is 21.2 Å². The lowest BCUT2D eigenvalue weighted by atomic mass is 10.1. The SMILES string of the molecule is CCON=Cc1cccc(CCOc2cc(C)cc(N(CC(=O)O)S(=O)(=O)c3ccccc3Cl)c2)c1. The third-order valence-electron chi connectivity index (χ3n) is 5.02. The minimum absolute atomic E-state index is 0.00514. The minimum atomic E-state index is -4.25. The predicted octanol–water partition coefficient (Wildman–Crippen LogP) is 4.92. The Labute approximate surface area is 215 Å². The molecule has 0 aromatic heterocycles. The maximum Gasteiger partial charge on any atom is 0.324 e. The van der Waals surface area contributed by atoms with Crippen molar-refractivity contribution in [3.63, 3.8) is 0 Å². The van der Waals surface area contributed by atoms with Crippen molar-refractivity contribution < 1.29 is 27.9 Å². The minimum Gasteiger partial charge on any atom is -0.493 e. The molecule has 10 heteroatoms. The summed E-state index contributed by atoms with van der Waals surface area (Å²) in [5.41, 5.74) is 2.80. The van der Waals surface area contributed by atoms with Gasteiger partial charge in [0, 0.05) is 12.5 Å². The summed E-state index contributed by atoms with van der Waals surface area (Å²) in [5.74, 6) is -0.883. The van der Waals surface area contributed by atoms with Crippen molar-refractivity contribution in [2.24, 2.45) is 5.16 Å². The zero-order chi connectivity index (χ0) is 26.1. The van der Waals surface area contributed by atoms with E-state index < -0.39 is 22.5 Å². The summed E-state index contributed by atoms with van der Waals surface area (Å²) >= 11 is 6.12. The topological polar surface area (TPSA) is 106 Å². The van der Waals surface area contributed by atoms with Crippen molar-refractivity contribution in [2.75, 3.05) is 24.1 Å². The van der Waals surface area contributed by atoms with Gasteiger partial charge in [-0.1, -0.05) is 47.1 Å². The smallest absolute Gasteiger partial charge is 0.324 e. The second kappa shape index (κ2) is 12.4. The summed E-state index contributed by atoms with van der Waals surface area (Å²) in [4.78, 5) is 16.4. The molecule has 0 spiro atoms. The highest BCUT2D eigenvalue weighted by Gasteiger charge is 2.29. The second-order valence-electron chi connectivity index (χ2n) is 7.84. The van der Waals surface area contributed by atoms with Gasteiger partial charge in [-0.15, -0.1) is 0 Å². The van der Waals surface area contributed by atoms with Gasteiger partial charge in [0.25, 0.3) is 10.0 Å². The van der Waals surface area contributed by atoms with Gasteiger partial charge < -0.3 is 14.7 Å². The maximum absolute atomic E-state index is 13.4. The van der Waals surface area contributed by atoms with Gasteiger partial charge in [-0.3, -0.25) is 9.10 Å². The van der Waals surface area contributed by atoms with E-state index in [1.54, 1.807) is 31.3 Å². The molecule has 0 saturated heterocycles. The number of benzene rings is 3. The molecule has 0 unspecified atom stereocenters. The summed E-state index contributed by atoms with van der Waals surface area (Å²) in [5, 5.41) is 13.3. The number of nitrogens with zero attached hydrogens (tertiary/aromatic N) is 2. The molecule has 1 N–H and O–H groups in total. The number of carbonyl (C=O) groups is 1. The van der Waals surface area contributed by atoms with Gasteiger partial charge in [-0.25, -0.2) is 8.42 Å². The molecule has 3 aromatic rings. The molecule has 0 aliphatic carbocycles. The molecule has 0 fully saturated rings. The number of carboxylic acids is 1. The third-order valence-corrected chi connectivity index (χ3v) is 7.30. The zero-order valence-corrected chi connectivity index (χ0v) is 21.5. The van der Waals surface area contributed by atoms with Crippen LogP contribution < -0.4 is 9.04 Å². The average molecular weight is 531 g/mol. The Hall–Kier alpha value is -3.56. The van der Waals surface area contributed by atoms with Crippen LogP contribution >= 0.6 is 11.6 Å². The summed E-state index contributed by atoms with van der Waals surface area (Å²) in [7, 11) is -4.25. The van der Waals surface area contributed by atoms with E-state index in [1.165, 1.54) is 24.3 Å². The fraction of sp³-hybridized carbons (Fsp3) is 0.231. The number of aryl methyl sites for hydroxylation is 1. The maximum atomic E-state index is 13.4. The van der Waals surface area contributed by atoms with E-state index in [2.05, 4.69) is 5.16 Å². The van der Waals surface area contributed by atoms with Crippen molar-refractivity contribution in [3.8, 4) is 5.75 Å². The van der Waals surface area contributed by atoms with Gasteiger partial charge in [0.2, 0.25) is 0 Å². The lowest BCUT2D eigenvalue weighted by Gasteiger charge is -2.24. The normalized spacial score (nSPS) is 11.4. The largest absolute Gasteiger partial charge is 0.493 e. The fourth-order valence-electron chi connectivity index (χ4n) is 3.45. The van der Waals surface area contributed by atoms with Gasteiger partial charge in [-0.2, -0.15) is 0 Å². The number of halogens is 1. The summed E-state index contributed by atoms with van der Waals surface area (Å²) < 4.78 is 33.4. The van der Waals surface area contributed by atoms with Crippen LogP contribution in [0.5, 0.6) is 5.75 Å². The number of sulfonamides is 1. The molecule has 0 atom stereocenters. The van der Waals surface area contributed by atoms with Gasteiger partial charge in [0.05, 0.1) is 23.5 Å². The summed E-state index contributed by atoms with van der Waals surface area (Å²) in [6.45, 7) is 3.68. The van der Waals surface area contributed by atoms with E-state index in [-0.39, 0.29) is 15.6 Å². The molecule has 8 nitrogen and oxygen atoms in total. The van der Waals surface area contributed by atoms with Crippen LogP contribution in [-0.4, -0.2) is 45.5 Å². The summed E-state index contributed by atoms with van der Waals surface area (Å²) in [6, 6.07) is 18.5. The van der Waals surface area contributed by atoms with Crippen LogP contribution in [0.15, 0.2) is 76.8 Å². The van der Waals surface area contributed by atoms with Crippen LogP contribution in [0.4, 0.5) is 5.69 Å². The number of anilines is 1. The lowest BCUT2D eigenvalue weighted by molar-refractivity contribution is -0.135. The first-order valence-corrected chi connectivity index (χ1v) is 13.0. The predicted molar refractivity (Wildman–Crippen MR) is 140 cm³/mol. The molecule has 36 heavy (non-hydrogen) atoms. The van der Waals surface area contributed by atoms with Crippen molar-refractivity contribution >= 4 is 39.5 Å². The first kappa shape index (κ1) is 27.0. The van der Waals surface area contributed by atoms with Crippen molar-refractivity contribution in [3.05, 3.63) is 88.4 Å². The monoisotopic (exact) mass is 530 g/mol. The highest BCUT2D eigenvalue weighted by molar-refractivity contribution is 7.93. The standard InChI is InChI=1S/C26H27ClN2O6S/c1-3-35-28-17-21-8-6-7-20(15-21)11-12-34-23-14-19(2)13-22(16-23)29(18-26(30)31)36(32,33)25-10-5-4-9-24(25)27/h4-10,13-17H,3,11-12,18H2,1-2H3,(H,30,31). The molecule has 0 amide bonds. The van der Waals surface area contributed by atoms with Gasteiger partial charge >= 0.3 is 5.97 Å². The molecular weight excluding hydrogens is 504 g/mol. The molecule has 0 aliphatic heterocycles. The fourth-order valence-corrected chi connectivity index (χ4v) is 5.35. The number of rotatable bonds is 12. The molecule has 0 heterocycles. The number of aliphatic carboxylic acids is 1. The Morgan fingerprint density at radius 2 is 1.89 bits per heavy atom. The Balaban J connectivity index is 1.81. The molecule has 0 aliphatic rings. The Morgan fingerprint density at radius 3 is 2.61 bits per heavy atom. The molecule has 0 saturated carbocycles. The van der Waals surface area contributed by atoms with Gasteiger partial charge in [-0.05, 0) is 60.9 Å². The van der Waals surface area contributed by atoms with Crippen molar-refractivity contribution in [1.82, 2.24) is 0 Å². The second-order valence-corrected chi connectivity index (χ2v) is 10.1. The molecule has 3 rings (SSSR count). The molecule has 0 bridgehead atoms. The lowest BCUT2D eigenvalue weighted by Crippen LogP contribution is -2.36. The van der Waals surface area contributed by atoms with Crippen LogP contribution in [0.3, 0.4) is 0 Å². The average Bonchev–Trinajstić information content (AvgIpc) is 2.83. The van der Waals surface area contributed by atoms with Crippen LogP contribution in [0.1, 0.15) is 23.6 Å². The van der Waals surface area contributed by atoms with E-state index in [0.29, 0.717) is 30.9 Å². The van der Waals surface area contributed by atoms with E-state index in [1.807, 2.05) is 31.2 Å². The number of hydrogen-bond acceptors (Lipinski definition) is 6. The Morgan fingerprint density at radius 1 is 1.11 bits per heavy atom. The van der Waals surface area contributed by atoms with Crippen molar-refractivity contribution in [1.29, 1.82) is 0 Å². The molecule has 3 aromatic carbocycles. The third kappa shape index (κ3) is 7.22. The zero-order valence-electron chi connectivity index (χ0n) is 19.9. The van der Waals surface area contributed by atoms with Gasteiger partial charge in [0.1, 0.15) is 23.8 Å². The highest BCUT2D eigenvalue weighted by atomic mass is 35.5. The van der Waals surface area contributed by atoms with Crippen LogP contribution in [0, 0.1) is 6.92 Å². The van der Waals surface area contributed by atoms with Crippen LogP contribution in [0.25, 0.3) is 0 Å². The first-order chi connectivity index (χ1) is 17.2. The number of hydrogen-bond donors (Lipinski definition) is 1. The molecule has 190 valence electrons. The van der Waals surface area contributed by atoms with E-state index >= 15 is 0 Å².